The van der Waals surface area contributed by atoms with Crippen LogP contribution in [-0.4, -0.2) is 25.1 Å². The molecule has 0 fully saturated rings. The van der Waals surface area contributed by atoms with Gasteiger partial charge in [0.15, 0.2) is 11.3 Å². The summed E-state index contributed by atoms with van der Waals surface area (Å²) in [6, 6.07) is 23.2. The van der Waals surface area contributed by atoms with Gasteiger partial charge in [0.1, 0.15) is 11.6 Å². The highest BCUT2D eigenvalue weighted by Crippen LogP contribution is 2.35. The van der Waals surface area contributed by atoms with Gasteiger partial charge in [0.2, 0.25) is 0 Å². The van der Waals surface area contributed by atoms with Gasteiger partial charge in [0.25, 0.3) is 0 Å². The molecule has 0 unspecified atom stereocenters. The Hall–Kier alpha value is -3.37. The summed E-state index contributed by atoms with van der Waals surface area (Å²) in [4.78, 5) is 2.43. The van der Waals surface area contributed by atoms with E-state index in [0.717, 1.165) is 37.0 Å². The number of benzene rings is 3. The van der Waals surface area contributed by atoms with Crippen molar-refractivity contribution in [2.45, 2.75) is 13.0 Å². The molecule has 0 atom stereocenters. The van der Waals surface area contributed by atoms with Gasteiger partial charge in [-0.1, -0.05) is 48.5 Å². The molecule has 0 aliphatic carbocycles. The molecule has 2 heterocycles. The van der Waals surface area contributed by atoms with E-state index in [-0.39, 0.29) is 5.82 Å². The number of ether oxygens (including phenoxy) is 1. The van der Waals surface area contributed by atoms with Crippen LogP contribution in [0.15, 0.2) is 83.3 Å². The second-order valence-corrected chi connectivity index (χ2v) is 7.92. The molecule has 3 nitrogen and oxygen atoms in total. The van der Waals surface area contributed by atoms with Crippen LogP contribution in [0.3, 0.4) is 0 Å². The zero-order valence-corrected chi connectivity index (χ0v) is 17.5. The number of nitrogens with zero attached hydrogens (tertiary/aromatic N) is 1. The summed E-state index contributed by atoms with van der Waals surface area (Å²) in [6.07, 6.45) is 3.37. The van der Waals surface area contributed by atoms with Gasteiger partial charge in [-0.25, -0.2) is 4.39 Å². The van der Waals surface area contributed by atoms with E-state index < -0.39 is 0 Å². The number of furan rings is 1. The lowest BCUT2D eigenvalue weighted by molar-refractivity contribution is 0.293. The van der Waals surface area contributed by atoms with Gasteiger partial charge in [-0.15, -0.1) is 0 Å². The minimum atomic E-state index is -0.279. The molecule has 0 radical (unpaired) electrons. The number of hydrogen-bond donors (Lipinski definition) is 0. The minimum absolute atomic E-state index is 0.279. The van der Waals surface area contributed by atoms with E-state index in [9.17, 15) is 4.39 Å². The zero-order valence-electron chi connectivity index (χ0n) is 17.5. The normalized spacial score (nSPS) is 14.6. The molecule has 0 N–H and O–H groups in total. The maximum absolute atomic E-state index is 13.6. The van der Waals surface area contributed by atoms with Gasteiger partial charge in [-0.2, -0.15) is 0 Å². The Bertz CT molecular complexity index is 1240. The average Bonchev–Trinajstić information content (AvgIpc) is 3.24. The van der Waals surface area contributed by atoms with Crippen LogP contribution in [0.4, 0.5) is 4.39 Å². The Morgan fingerprint density at radius 2 is 1.81 bits per heavy atom. The fourth-order valence-electron chi connectivity index (χ4n) is 4.23. The van der Waals surface area contributed by atoms with Gasteiger partial charge >= 0.3 is 0 Å². The lowest BCUT2D eigenvalue weighted by atomic mass is 9.99. The van der Waals surface area contributed by atoms with Crippen molar-refractivity contribution in [1.82, 2.24) is 4.90 Å². The number of rotatable bonds is 5. The van der Waals surface area contributed by atoms with E-state index in [1.807, 2.05) is 18.2 Å². The van der Waals surface area contributed by atoms with Crippen LogP contribution < -0.4 is 4.74 Å². The summed E-state index contributed by atoms with van der Waals surface area (Å²) in [5, 5.41) is 0.964. The average molecular weight is 413 g/mol. The number of hydrogen-bond acceptors (Lipinski definition) is 3. The topological polar surface area (TPSA) is 25.6 Å². The highest BCUT2D eigenvalue weighted by Gasteiger charge is 2.17. The molecule has 1 aliphatic rings. The highest BCUT2D eigenvalue weighted by molar-refractivity contribution is 5.88. The fourth-order valence-corrected chi connectivity index (χ4v) is 4.23. The van der Waals surface area contributed by atoms with Crippen molar-refractivity contribution in [3.8, 4) is 17.1 Å². The molecule has 1 aromatic heterocycles. The van der Waals surface area contributed by atoms with Crippen molar-refractivity contribution in [1.29, 1.82) is 0 Å². The van der Waals surface area contributed by atoms with Crippen LogP contribution in [0.5, 0.6) is 5.75 Å². The Labute approximate surface area is 181 Å². The first-order valence-electron chi connectivity index (χ1n) is 10.5. The largest absolute Gasteiger partial charge is 0.493 e. The Morgan fingerprint density at radius 3 is 2.55 bits per heavy atom. The van der Waals surface area contributed by atoms with Gasteiger partial charge < -0.3 is 9.15 Å². The van der Waals surface area contributed by atoms with Crippen molar-refractivity contribution in [2.75, 3.05) is 20.2 Å². The SMILES string of the molecule is COc1cc(CN2CC=C(c3ccccc3)CC2)cc2cc(-c3cccc(F)c3)oc12. The number of methoxy groups -OCH3 is 1. The van der Waals surface area contributed by atoms with Crippen molar-refractivity contribution >= 4 is 16.5 Å². The predicted octanol–water partition coefficient (Wildman–Crippen LogP) is 6.54. The molecule has 0 spiro atoms. The highest BCUT2D eigenvalue weighted by atomic mass is 19.1. The van der Waals surface area contributed by atoms with Gasteiger partial charge in [-0.3, -0.25) is 4.90 Å². The van der Waals surface area contributed by atoms with Gasteiger partial charge in [0.05, 0.1) is 7.11 Å². The smallest absolute Gasteiger partial charge is 0.176 e. The summed E-state index contributed by atoms with van der Waals surface area (Å²) in [5.74, 6) is 1.06. The standard InChI is InChI=1S/C27H24FNO2/c1-30-26-15-19(18-29-12-10-21(11-13-29)20-6-3-2-4-7-20)14-23-17-25(31-27(23)26)22-8-5-9-24(28)16-22/h2-10,14-17H,11-13,18H2,1H3. The predicted molar refractivity (Wildman–Crippen MR) is 122 cm³/mol. The molecular formula is C27H24FNO2. The number of halogens is 1. The third kappa shape index (κ3) is 4.12. The minimum Gasteiger partial charge on any atom is -0.493 e. The zero-order chi connectivity index (χ0) is 21.2. The monoisotopic (exact) mass is 413 g/mol. The summed E-state index contributed by atoms with van der Waals surface area (Å²) in [7, 11) is 1.65. The second kappa shape index (κ2) is 8.40. The molecule has 1 aliphatic heterocycles. The van der Waals surface area contributed by atoms with E-state index in [1.165, 1.54) is 28.8 Å². The van der Waals surface area contributed by atoms with Crippen LogP contribution in [0, 0.1) is 5.82 Å². The molecule has 31 heavy (non-hydrogen) atoms. The molecule has 0 bridgehead atoms. The van der Waals surface area contributed by atoms with Crippen molar-refractivity contribution in [3.05, 3.63) is 95.8 Å². The third-order valence-electron chi connectivity index (χ3n) is 5.82. The molecule has 3 aromatic carbocycles. The lowest BCUT2D eigenvalue weighted by Crippen LogP contribution is -2.28. The van der Waals surface area contributed by atoms with Crippen molar-refractivity contribution in [3.63, 3.8) is 0 Å². The first-order valence-corrected chi connectivity index (χ1v) is 10.5. The van der Waals surface area contributed by atoms with E-state index >= 15 is 0 Å². The summed E-state index contributed by atoms with van der Waals surface area (Å²) < 4.78 is 25.3. The fraction of sp³-hybridized carbons (Fsp3) is 0.185. The lowest BCUT2D eigenvalue weighted by Gasteiger charge is -2.26. The van der Waals surface area contributed by atoms with Crippen LogP contribution >= 0.6 is 0 Å². The molecule has 156 valence electrons. The van der Waals surface area contributed by atoms with Gasteiger partial charge in [0, 0.05) is 30.6 Å². The van der Waals surface area contributed by atoms with Crippen LogP contribution in [0.2, 0.25) is 0 Å². The number of fused-ring (bicyclic) bond motifs is 1. The van der Waals surface area contributed by atoms with E-state index in [1.54, 1.807) is 13.2 Å². The van der Waals surface area contributed by atoms with Gasteiger partial charge in [-0.05, 0) is 53.5 Å². The molecule has 0 saturated heterocycles. The molecule has 5 rings (SSSR count). The second-order valence-electron chi connectivity index (χ2n) is 7.92. The Balaban J connectivity index is 1.39. The molecule has 0 amide bonds. The molecular weight excluding hydrogens is 389 g/mol. The maximum Gasteiger partial charge on any atom is 0.176 e. The summed E-state index contributed by atoms with van der Waals surface area (Å²) in [5.41, 5.74) is 5.31. The van der Waals surface area contributed by atoms with E-state index in [0.29, 0.717) is 17.1 Å². The van der Waals surface area contributed by atoms with E-state index in [4.69, 9.17) is 9.15 Å². The Kier molecular flexibility index (Phi) is 5.31. The van der Waals surface area contributed by atoms with E-state index in [2.05, 4.69) is 47.4 Å². The first kappa shape index (κ1) is 19.6. The molecule has 4 aromatic rings. The summed E-state index contributed by atoms with van der Waals surface area (Å²) >= 11 is 0. The van der Waals surface area contributed by atoms with Crippen LogP contribution in [0.25, 0.3) is 27.9 Å². The molecule has 4 heteroatoms. The molecule has 0 saturated carbocycles. The van der Waals surface area contributed by atoms with Crippen LogP contribution in [0.1, 0.15) is 17.5 Å². The summed E-state index contributed by atoms with van der Waals surface area (Å²) in [6.45, 7) is 2.77. The quantitative estimate of drug-likeness (QED) is 0.372. The maximum atomic E-state index is 13.6. The van der Waals surface area contributed by atoms with Crippen molar-refractivity contribution < 1.29 is 13.5 Å². The third-order valence-corrected chi connectivity index (χ3v) is 5.82. The first-order chi connectivity index (χ1) is 15.2. The Morgan fingerprint density at radius 1 is 0.968 bits per heavy atom. The van der Waals surface area contributed by atoms with Crippen LogP contribution in [-0.2, 0) is 6.54 Å². The van der Waals surface area contributed by atoms with Crippen molar-refractivity contribution in [2.24, 2.45) is 0 Å².